The third-order valence-electron chi connectivity index (χ3n) is 1.56. The first-order valence-corrected chi connectivity index (χ1v) is 4.21. The molecule has 0 spiro atoms. The number of hydrogen-bond acceptors (Lipinski definition) is 2. The Morgan fingerprint density at radius 1 is 1.42 bits per heavy atom. The van der Waals surface area contributed by atoms with E-state index in [-0.39, 0.29) is 0 Å². The highest BCUT2D eigenvalue weighted by molar-refractivity contribution is 9.10. The fraction of sp³-hybridized carbons (Fsp3) is 0.222. The number of methoxy groups -OCH3 is 1. The average molecular weight is 228 g/mol. The van der Waals surface area contributed by atoms with Gasteiger partial charge in [0.05, 0.1) is 0 Å². The maximum atomic E-state index is 10.6. The molecule has 0 heterocycles. The molecule has 2 nitrogen and oxygen atoms in total. The van der Waals surface area contributed by atoms with Gasteiger partial charge in [0.1, 0.15) is 0 Å². The normalized spacial score (nSPS) is 15.2. The van der Waals surface area contributed by atoms with Gasteiger partial charge in [-0.2, -0.15) is 0 Å². The minimum Gasteiger partial charge on any atom is -0.355 e. The quantitative estimate of drug-likeness (QED) is 0.739. The van der Waals surface area contributed by atoms with E-state index in [2.05, 4.69) is 15.9 Å². The Kier molecular flexibility index (Phi) is 3.00. The molecule has 0 aliphatic carbocycles. The number of alkyl halides is 1. The van der Waals surface area contributed by atoms with Gasteiger partial charge in [0, 0.05) is 12.7 Å². The number of hydrogen-bond donors (Lipinski definition) is 0. The Morgan fingerprint density at radius 2 is 2.00 bits per heavy atom. The van der Waals surface area contributed by atoms with E-state index in [1.807, 2.05) is 18.2 Å². The van der Waals surface area contributed by atoms with E-state index < -0.39 is 4.51 Å². The van der Waals surface area contributed by atoms with Gasteiger partial charge in [0.25, 0.3) is 0 Å². The first-order valence-electron chi connectivity index (χ1n) is 3.42. The molecule has 12 heavy (non-hydrogen) atoms. The van der Waals surface area contributed by atoms with Gasteiger partial charge in [-0.25, -0.2) is 0 Å². The van der Waals surface area contributed by atoms with Crippen molar-refractivity contribution in [3.63, 3.8) is 0 Å². The zero-order valence-electron chi connectivity index (χ0n) is 6.58. The number of carbonyl (C=O) groups excluding carboxylic acids is 1. The maximum Gasteiger partial charge on any atom is 0.250 e. The lowest BCUT2D eigenvalue weighted by atomic mass is 10.1. The van der Waals surface area contributed by atoms with Gasteiger partial charge in [-0.15, -0.1) is 0 Å². The molecule has 0 saturated heterocycles. The molecule has 1 aromatic carbocycles. The third-order valence-corrected chi connectivity index (χ3v) is 2.50. The smallest absolute Gasteiger partial charge is 0.250 e. The van der Waals surface area contributed by atoms with Crippen molar-refractivity contribution in [1.82, 2.24) is 0 Å². The Labute approximate surface area is 79.7 Å². The van der Waals surface area contributed by atoms with E-state index in [4.69, 9.17) is 4.74 Å². The van der Waals surface area contributed by atoms with E-state index in [9.17, 15) is 4.79 Å². The molecule has 3 heteroatoms. The second-order valence-corrected chi connectivity index (χ2v) is 3.38. The van der Waals surface area contributed by atoms with Crippen LogP contribution in [0, 0.1) is 0 Å². The predicted molar refractivity (Wildman–Crippen MR) is 49.7 cm³/mol. The molecule has 0 saturated carbocycles. The monoisotopic (exact) mass is 227 g/mol. The van der Waals surface area contributed by atoms with Crippen LogP contribution >= 0.6 is 15.9 Å². The zero-order valence-corrected chi connectivity index (χ0v) is 8.17. The Morgan fingerprint density at radius 3 is 2.42 bits per heavy atom. The topological polar surface area (TPSA) is 26.3 Å². The number of halogens is 1. The van der Waals surface area contributed by atoms with Crippen molar-refractivity contribution in [3.8, 4) is 0 Å². The van der Waals surface area contributed by atoms with E-state index in [1.54, 1.807) is 18.4 Å². The maximum absolute atomic E-state index is 10.6. The molecule has 0 amide bonds. The summed E-state index contributed by atoms with van der Waals surface area (Å²) in [6.45, 7) is 0. The summed E-state index contributed by atoms with van der Waals surface area (Å²) in [6.07, 6.45) is 1.79. The molecule has 63 valence electrons. The number of rotatable bonds is 3. The molecule has 1 aromatic rings. The lowest BCUT2D eigenvalue weighted by Crippen LogP contribution is -2.21. The van der Waals surface area contributed by atoms with Crippen molar-refractivity contribution in [2.45, 2.75) is 4.51 Å². The summed E-state index contributed by atoms with van der Waals surface area (Å²) < 4.78 is 3.85. The van der Waals surface area contributed by atoms with Gasteiger partial charge in [0.2, 0.25) is 10.8 Å². The van der Waals surface area contributed by atoms with Crippen LogP contribution in [0.25, 0.3) is 0 Å². The largest absolute Gasteiger partial charge is 0.355 e. The lowest BCUT2D eigenvalue weighted by molar-refractivity contribution is 0.130. The van der Waals surface area contributed by atoms with E-state index >= 15 is 0 Å². The molecule has 0 fully saturated rings. The predicted octanol–water partition coefficient (Wildman–Crippen LogP) is 1.99. The Bertz CT molecular complexity index is 260. The molecular formula is C9H8BrO2. The third kappa shape index (κ3) is 1.73. The van der Waals surface area contributed by atoms with Crippen LogP contribution in [0.1, 0.15) is 5.56 Å². The highest BCUT2D eigenvalue weighted by atomic mass is 79.9. The van der Waals surface area contributed by atoms with Crippen molar-refractivity contribution in [1.29, 1.82) is 0 Å². The molecule has 1 radical (unpaired) electrons. The van der Waals surface area contributed by atoms with E-state index in [0.717, 1.165) is 5.56 Å². The second kappa shape index (κ2) is 3.83. The van der Waals surface area contributed by atoms with Gasteiger partial charge in [-0.3, -0.25) is 4.79 Å². The number of benzene rings is 1. The summed E-state index contributed by atoms with van der Waals surface area (Å²) in [6, 6.07) is 9.13. The molecule has 0 aromatic heterocycles. The average Bonchev–Trinajstić information content (AvgIpc) is 2.18. The van der Waals surface area contributed by atoms with Crippen molar-refractivity contribution >= 4 is 22.2 Å². The van der Waals surface area contributed by atoms with Crippen LogP contribution in [0.3, 0.4) is 0 Å². The minimum atomic E-state index is -1.12. The van der Waals surface area contributed by atoms with Crippen LogP contribution in [0.2, 0.25) is 0 Å². The Balaban J connectivity index is 3.03. The van der Waals surface area contributed by atoms with Crippen molar-refractivity contribution in [2.24, 2.45) is 0 Å². The van der Waals surface area contributed by atoms with Gasteiger partial charge in [-0.05, 0) is 15.9 Å². The van der Waals surface area contributed by atoms with Crippen LogP contribution in [-0.2, 0) is 14.0 Å². The highest BCUT2D eigenvalue weighted by Crippen LogP contribution is 2.29. The zero-order chi connectivity index (χ0) is 9.03. The molecule has 0 N–H and O–H groups in total. The van der Waals surface area contributed by atoms with Crippen LogP contribution in [0.5, 0.6) is 0 Å². The molecule has 0 aliphatic heterocycles. The number of ether oxygens (including phenoxy) is 1. The standard InChI is InChI=1S/C9H8BrO2/c1-12-9(10,7-11)8-5-3-2-4-6-8/h2-6H,1H3. The van der Waals surface area contributed by atoms with Crippen LogP contribution < -0.4 is 0 Å². The SMILES string of the molecule is COC(Br)([C]=O)c1ccccc1. The summed E-state index contributed by atoms with van der Waals surface area (Å²) in [5, 5.41) is 0. The molecule has 0 bridgehead atoms. The van der Waals surface area contributed by atoms with Crippen LogP contribution in [-0.4, -0.2) is 13.4 Å². The van der Waals surface area contributed by atoms with Gasteiger partial charge >= 0.3 is 0 Å². The molecule has 1 rings (SSSR count). The summed E-state index contributed by atoms with van der Waals surface area (Å²) in [4.78, 5) is 10.6. The first kappa shape index (κ1) is 9.42. The first-order chi connectivity index (χ1) is 5.73. The van der Waals surface area contributed by atoms with Gasteiger partial charge in [-0.1, -0.05) is 30.3 Å². The minimum absolute atomic E-state index is 0.738. The summed E-state index contributed by atoms with van der Waals surface area (Å²) in [5.74, 6) is 0. The highest BCUT2D eigenvalue weighted by Gasteiger charge is 2.28. The van der Waals surface area contributed by atoms with Gasteiger partial charge in [0.15, 0.2) is 0 Å². The summed E-state index contributed by atoms with van der Waals surface area (Å²) in [5.41, 5.74) is 0.738. The second-order valence-electron chi connectivity index (χ2n) is 2.27. The van der Waals surface area contributed by atoms with Crippen molar-refractivity contribution in [3.05, 3.63) is 35.9 Å². The fourth-order valence-electron chi connectivity index (χ4n) is 0.871. The fourth-order valence-corrected chi connectivity index (χ4v) is 1.14. The van der Waals surface area contributed by atoms with Crippen molar-refractivity contribution in [2.75, 3.05) is 7.11 Å². The van der Waals surface area contributed by atoms with Gasteiger partial charge < -0.3 is 4.74 Å². The van der Waals surface area contributed by atoms with Crippen LogP contribution in [0.15, 0.2) is 30.3 Å². The molecule has 1 unspecified atom stereocenters. The molecule has 1 atom stereocenters. The van der Waals surface area contributed by atoms with Crippen molar-refractivity contribution < 1.29 is 9.53 Å². The summed E-state index contributed by atoms with van der Waals surface area (Å²) >= 11 is 3.15. The van der Waals surface area contributed by atoms with E-state index in [0.29, 0.717) is 0 Å². The Hall–Kier alpha value is -0.670. The molecule has 0 aliphatic rings. The molecular weight excluding hydrogens is 220 g/mol. The lowest BCUT2D eigenvalue weighted by Gasteiger charge is -2.17. The summed E-state index contributed by atoms with van der Waals surface area (Å²) in [7, 11) is 1.45. The van der Waals surface area contributed by atoms with E-state index in [1.165, 1.54) is 7.11 Å². The van der Waals surface area contributed by atoms with Crippen LogP contribution in [0.4, 0.5) is 0 Å².